The van der Waals surface area contributed by atoms with E-state index in [-0.39, 0.29) is 5.91 Å². The standard InChI is InChI=1S/C12H12BrN3O/c13-10-3-1-9(2-4-10)12(17)16-8-15-7-11(16)5-6-14/h1-4,7-8H,5-6,14H2. The summed E-state index contributed by atoms with van der Waals surface area (Å²) in [6.07, 6.45) is 3.83. The Kier molecular flexibility index (Phi) is 3.71. The molecule has 0 unspecified atom stereocenters. The highest BCUT2D eigenvalue weighted by atomic mass is 79.9. The van der Waals surface area contributed by atoms with Gasteiger partial charge in [-0.1, -0.05) is 15.9 Å². The molecule has 0 aliphatic heterocycles. The first-order valence-electron chi connectivity index (χ1n) is 5.24. The normalized spacial score (nSPS) is 10.5. The first-order chi connectivity index (χ1) is 8.22. The zero-order valence-electron chi connectivity index (χ0n) is 9.14. The van der Waals surface area contributed by atoms with E-state index in [1.165, 1.54) is 10.9 Å². The molecule has 4 nitrogen and oxygen atoms in total. The fourth-order valence-corrected chi connectivity index (χ4v) is 1.83. The second kappa shape index (κ2) is 5.25. The molecule has 2 N–H and O–H groups in total. The van der Waals surface area contributed by atoms with Crippen LogP contribution in [0.4, 0.5) is 0 Å². The average molecular weight is 294 g/mol. The average Bonchev–Trinajstić information content (AvgIpc) is 2.78. The molecule has 0 amide bonds. The number of imidazole rings is 1. The van der Waals surface area contributed by atoms with Crippen molar-refractivity contribution >= 4 is 21.8 Å². The summed E-state index contributed by atoms with van der Waals surface area (Å²) in [5.74, 6) is -0.0848. The Hall–Kier alpha value is -1.46. The largest absolute Gasteiger partial charge is 0.330 e. The van der Waals surface area contributed by atoms with Gasteiger partial charge in [-0.15, -0.1) is 0 Å². The lowest BCUT2D eigenvalue weighted by Gasteiger charge is -2.05. The van der Waals surface area contributed by atoms with Crippen molar-refractivity contribution in [2.75, 3.05) is 6.54 Å². The molecule has 0 fully saturated rings. The van der Waals surface area contributed by atoms with Crippen molar-refractivity contribution in [3.8, 4) is 0 Å². The number of nitrogens with two attached hydrogens (primary N) is 1. The van der Waals surface area contributed by atoms with Crippen molar-refractivity contribution in [2.45, 2.75) is 6.42 Å². The third kappa shape index (κ3) is 2.62. The van der Waals surface area contributed by atoms with Crippen molar-refractivity contribution in [3.63, 3.8) is 0 Å². The van der Waals surface area contributed by atoms with E-state index >= 15 is 0 Å². The molecule has 2 rings (SSSR count). The number of carbonyl (C=O) groups is 1. The molecule has 1 aromatic heterocycles. The first kappa shape index (κ1) is 12.0. The second-order valence-corrected chi connectivity index (χ2v) is 4.52. The predicted molar refractivity (Wildman–Crippen MR) is 68.9 cm³/mol. The highest BCUT2D eigenvalue weighted by Gasteiger charge is 2.11. The van der Waals surface area contributed by atoms with Gasteiger partial charge in [-0.25, -0.2) is 4.98 Å². The molecule has 0 saturated heterocycles. The van der Waals surface area contributed by atoms with E-state index in [4.69, 9.17) is 5.73 Å². The van der Waals surface area contributed by atoms with Crippen LogP contribution in [-0.2, 0) is 6.42 Å². The quantitative estimate of drug-likeness (QED) is 0.939. The Bertz CT molecular complexity index is 519. The molecule has 0 spiro atoms. The summed E-state index contributed by atoms with van der Waals surface area (Å²) in [5, 5.41) is 0. The Morgan fingerprint density at radius 1 is 1.35 bits per heavy atom. The number of hydrogen-bond acceptors (Lipinski definition) is 3. The smallest absolute Gasteiger partial charge is 0.263 e. The van der Waals surface area contributed by atoms with E-state index < -0.39 is 0 Å². The van der Waals surface area contributed by atoms with Crippen molar-refractivity contribution < 1.29 is 4.79 Å². The van der Waals surface area contributed by atoms with Crippen molar-refractivity contribution in [2.24, 2.45) is 5.73 Å². The van der Waals surface area contributed by atoms with E-state index in [0.29, 0.717) is 18.5 Å². The third-order valence-electron chi connectivity index (χ3n) is 2.43. The molecular formula is C12H12BrN3O. The summed E-state index contributed by atoms with van der Waals surface area (Å²) >= 11 is 3.34. The minimum atomic E-state index is -0.0848. The summed E-state index contributed by atoms with van der Waals surface area (Å²) in [5.41, 5.74) is 6.95. The Labute approximate surface area is 108 Å². The van der Waals surface area contributed by atoms with Crippen LogP contribution in [0.3, 0.4) is 0 Å². The van der Waals surface area contributed by atoms with Gasteiger partial charge >= 0.3 is 0 Å². The van der Waals surface area contributed by atoms with Crippen LogP contribution in [0.25, 0.3) is 0 Å². The summed E-state index contributed by atoms with van der Waals surface area (Å²) in [7, 11) is 0. The van der Waals surface area contributed by atoms with E-state index in [2.05, 4.69) is 20.9 Å². The Morgan fingerprint density at radius 3 is 2.71 bits per heavy atom. The van der Waals surface area contributed by atoms with Crippen molar-refractivity contribution in [1.29, 1.82) is 0 Å². The van der Waals surface area contributed by atoms with Gasteiger partial charge in [0, 0.05) is 28.3 Å². The molecule has 0 radical (unpaired) electrons. The molecule has 1 aromatic carbocycles. The Balaban J connectivity index is 2.30. The van der Waals surface area contributed by atoms with Gasteiger partial charge in [0.05, 0.1) is 0 Å². The van der Waals surface area contributed by atoms with Crippen LogP contribution in [-0.4, -0.2) is 22.0 Å². The number of carbonyl (C=O) groups excluding carboxylic acids is 1. The zero-order chi connectivity index (χ0) is 12.3. The minimum absolute atomic E-state index is 0.0848. The lowest BCUT2D eigenvalue weighted by Crippen LogP contribution is -2.16. The van der Waals surface area contributed by atoms with E-state index in [1.807, 2.05) is 12.1 Å². The van der Waals surface area contributed by atoms with Gasteiger partial charge in [0.15, 0.2) is 0 Å². The molecule has 0 bridgehead atoms. The van der Waals surface area contributed by atoms with Crippen LogP contribution in [0.5, 0.6) is 0 Å². The number of nitrogens with zero attached hydrogens (tertiary/aromatic N) is 2. The second-order valence-electron chi connectivity index (χ2n) is 3.61. The molecule has 5 heteroatoms. The van der Waals surface area contributed by atoms with Gasteiger partial charge in [0.1, 0.15) is 6.33 Å². The van der Waals surface area contributed by atoms with Crippen molar-refractivity contribution in [3.05, 3.63) is 52.5 Å². The molecule has 0 aliphatic rings. The minimum Gasteiger partial charge on any atom is -0.330 e. The molecule has 88 valence electrons. The first-order valence-corrected chi connectivity index (χ1v) is 6.03. The van der Waals surface area contributed by atoms with Crippen LogP contribution >= 0.6 is 15.9 Å². The molecule has 0 atom stereocenters. The van der Waals surface area contributed by atoms with Crippen molar-refractivity contribution in [1.82, 2.24) is 9.55 Å². The highest BCUT2D eigenvalue weighted by molar-refractivity contribution is 9.10. The lowest BCUT2D eigenvalue weighted by atomic mass is 10.2. The van der Waals surface area contributed by atoms with Crippen LogP contribution in [0.15, 0.2) is 41.3 Å². The molecule has 0 saturated carbocycles. The molecule has 2 aromatic rings. The number of halogens is 1. The molecule has 0 aliphatic carbocycles. The van der Waals surface area contributed by atoms with Gasteiger partial charge in [-0.2, -0.15) is 0 Å². The fourth-order valence-electron chi connectivity index (χ4n) is 1.57. The summed E-state index contributed by atoms with van der Waals surface area (Å²) in [4.78, 5) is 16.2. The zero-order valence-corrected chi connectivity index (χ0v) is 10.7. The number of hydrogen-bond donors (Lipinski definition) is 1. The topological polar surface area (TPSA) is 60.9 Å². The highest BCUT2D eigenvalue weighted by Crippen LogP contribution is 2.12. The lowest BCUT2D eigenvalue weighted by molar-refractivity contribution is 0.0957. The number of aromatic nitrogens is 2. The maximum Gasteiger partial charge on any atom is 0.263 e. The maximum absolute atomic E-state index is 12.2. The predicted octanol–water partition coefficient (Wildman–Crippen LogP) is 1.84. The van der Waals surface area contributed by atoms with Gasteiger partial charge in [-0.3, -0.25) is 9.36 Å². The SMILES string of the molecule is NCCc1cncn1C(=O)c1ccc(Br)cc1. The molecule has 17 heavy (non-hydrogen) atoms. The van der Waals surface area contributed by atoms with Gasteiger partial charge in [0.2, 0.25) is 0 Å². The van der Waals surface area contributed by atoms with E-state index in [1.54, 1.807) is 18.3 Å². The van der Waals surface area contributed by atoms with Crippen LogP contribution in [0, 0.1) is 0 Å². The maximum atomic E-state index is 12.2. The molecular weight excluding hydrogens is 282 g/mol. The monoisotopic (exact) mass is 293 g/mol. The number of rotatable bonds is 3. The van der Waals surface area contributed by atoms with Gasteiger partial charge in [-0.05, 0) is 30.8 Å². The van der Waals surface area contributed by atoms with Crippen LogP contribution < -0.4 is 5.73 Å². The molecule has 1 heterocycles. The summed E-state index contributed by atoms with van der Waals surface area (Å²) in [6.45, 7) is 0.499. The van der Waals surface area contributed by atoms with Crippen LogP contribution in [0.2, 0.25) is 0 Å². The number of benzene rings is 1. The van der Waals surface area contributed by atoms with Gasteiger partial charge in [0.25, 0.3) is 5.91 Å². The fraction of sp³-hybridized carbons (Fsp3) is 0.167. The van der Waals surface area contributed by atoms with E-state index in [0.717, 1.165) is 10.2 Å². The third-order valence-corrected chi connectivity index (χ3v) is 2.95. The summed E-state index contributed by atoms with van der Waals surface area (Å²) in [6, 6.07) is 7.23. The Morgan fingerprint density at radius 2 is 2.06 bits per heavy atom. The van der Waals surface area contributed by atoms with Gasteiger partial charge < -0.3 is 5.73 Å². The summed E-state index contributed by atoms with van der Waals surface area (Å²) < 4.78 is 2.48. The van der Waals surface area contributed by atoms with Crippen LogP contribution in [0.1, 0.15) is 16.1 Å². The van der Waals surface area contributed by atoms with E-state index in [9.17, 15) is 4.79 Å².